The second-order valence-electron chi connectivity index (χ2n) is 8.03. The summed E-state index contributed by atoms with van der Waals surface area (Å²) in [6.07, 6.45) is 9.07. The van der Waals surface area contributed by atoms with Crippen molar-refractivity contribution in [1.82, 2.24) is 9.80 Å². The molecule has 4 fully saturated rings. The highest BCUT2D eigenvalue weighted by Crippen LogP contribution is 2.32. The first-order chi connectivity index (χ1) is 10.8. The SMILES string of the molecule is O=C(CC1CCCC1)N1C[C@@H]2CN(CC3CC3)CCO[C@@H]2C1. The minimum Gasteiger partial charge on any atom is -0.375 e. The molecule has 0 radical (unpaired) electrons. The molecule has 0 unspecified atom stereocenters. The number of fused-ring (bicyclic) bond motifs is 1. The minimum absolute atomic E-state index is 0.289. The average Bonchev–Trinajstić information content (AvgIpc) is 3.06. The molecular weight excluding hydrogens is 276 g/mol. The van der Waals surface area contributed by atoms with Crippen molar-refractivity contribution in [1.29, 1.82) is 0 Å². The lowest BCUT2D eigenvalue weighted by molar-refractivity contribution is -0.131. The highest BCUT2D eigenvalue weighted by molar-refractivity contribution is 5.76. The zero-order chi connectivity index (χ0) is 14.9. The number of hydrogen-bond acceptors (Lipinski definition) is 3. The standard InChI is InChI=1S/C18H30N2O2/c21-18(9-14-3-1-2-4-14)20-12-16-11-19(10-15-5-6-15)7-8-22-17(16)13-20/h14-17H,1-13H2/t16-,17+/m0/s1. The maximum absolute atomic E-state index is 12.6. The van der Waals surface area contributed by atoms with Crippen LogP contribution in [0.4, 0.5) is 0 Å². The number of rotatable bonds is 4. The van der Waals surface area contributed by atoms with Gasteiger partial charge >= 0.3 is 0 Å². The third-order valence-electron chi connectivity index (χ3n) is 6.12. The molecule has 2 saturated carbocycles. The Kier molecular flexibility index (Phi) is 4.40. The summed E-state index contributed by atoms with van der Waals surface area (Å²) in [6.45, 7) is 6.08. The van der Waals surface area contributed by atoms with Crippen LogP contribution in [0.1, 0.15) is 44.9 Å². The normalized spacial score (nSPS) is 33.9. The molecular formula is C18H30N2O2. The Labute approximate surface area is 134 Å². The van der Waals surface area contributed by atoms with Crippen LogP contribution in [0.25, 0.3) is 0 Å². The van der Waals surface area contributed by atoms with Crippen molar-refractivity contribution in [2.75, 3.05) is 39.3 Å². The average molecular weight is 306 g/mol. The first-order valence-corrected chi connectivity index (χ1v) is 9.39. The van der Waals surface area contributed by atoms with E-state index in [-0.39, 0.29) is 6.10 Å². The lowest BCUT2D eigenvalue weighted by Gasteiger charge is -2.23. The highest BCUT2D eigenvalue weighted by atomic mass is 16.5. The minimum atomic E-state index is 0.289. The van der Waals surface area contributed by atoms with Crippen LogP contribution >= 0.6 is 0 Å². The van der Waals surface area contributed by atoms with E-state index in [9.17, 15) is 4.79 Å². The van der Waals surface area contributed by atoms with Gasteiger partial charge in [-0.1, -0.05) is 12.8 Å². The summed E-state index contributed by atoms with van der Waals surface area (Å²) in [5.74, 6) is 2.52. The molecule has 2 aliphatic carbocycles. The quantitative estimate of drug-likeness (QED) is 0.798. The van der Waals surface area contributed by atoms with Crippen LogP contribution in [0.2, 0.25) is 0 Å². The van der Waals surface area contributed by atoms with Gasteiger partial charge in [-0.05, 0) is 37.5 Å². The molecule has 4 rings (SSSR count). The predicted molar refractivity (Wildman–Crippen MR) is 85.5 cm³/mol. The molecule has 4 nitrogen and oxygen atoms in total. The maximum atomic E-state index is 12.6. The summed E-state index contributed by atoms with van der Waals surface area (Å²) in [7, 11) is 0. The molecule has 0 spiro atoms. The van der Waals surface area contributed by atoms with Crippen molar-refractivity contribution < 1.29 is 9.53 Å². The Bertz CT molecular complexity index is 404. The maximum Gasteiger partial charge on any atom is 0.222 e. The van der Waals surface area contributed by atoms with Crippen LogP contribution in [-0.2, 0) is 9.53 Å². The molecule has 0 aromatic heterocycles. The predicted octanol–water partition coefficient (Wildman–Crippen LogP) is 2.14. The van der Waals surface area contributed by atoms with Gasteiger partial charge in [0.25, 0.3) is 0 Å². The Morgan fingerprint density at radius 1 is 1.00 bits per heavy atom. The summed E-state index contributed by atoms with van der Waals surface area (Å²) in [6, 6.07) is 0. The van der Waals surface area contributed by atoms with E-state index in [1.54, 1.807) is 0 Å². The van der Waals surface area contributed by atoms with Gasteiger partial charge in [0, 0.05) is 45.1 Å². The van der Waals surface area contributed by atoms with Crippen molar-refractivity contribution in [2.24, 2.45) is 17.8 Å². The fraction of sp³-hybridized carbons (Fsp3) is 0.944. The fourth-order valence-electron chi connectivity index (χ4n) is 4.59. The van der Waals surface area contributed by atoms with Crippen LogP contribution < -0.4 is 0 Å². The third-order valence-corrected chi connectivity index (χ3v) is 6.12. The van der Waals surface area contributed by atoms with E-state index in [1.165, 1.54) is 45.1 Å². The van der Waals surface area contributed by atoms with Crippen molar-refractivity contribution in [3.8, 4) is 0 Å². The van der Waals surface area contributed by atoms with Gasteiger partial charge in [0.15, 0.2) is 0 Å². The van der Waals surface area contributed by atoms with E-state index in [4.69, 9.17) is 4.74 Å². The summed E-state index contributed by atoms with van der Waals surface area (Å²) in [4.78, 5) is 17.3. The van der Waals surface area contributed by atoms with Gasteiger partial charge < -0.3 is 14.5 Å². The molecule has 2 atom stereocenters. The second kappa shape index (κ2) is 6.48. The van der Waals surface area contributed by atoms with E-state index in [0.717, 1.165) is 45.1 Å². The number of carbonyl (C=O) groups is 1. The zero-order valence-electron chi connectivity index (χ0n) is 13.7. The van der Waals surface area contributed by atoms with E-state index in [2.05, 4.69) is 9.80 Å². The first-order valence-electron chi connectivity index (χ1n) is 9.39. The number of hydrogen-bond donors (Lipinski definition) is 0. The van der Waals surface area contributed by atoms with Gasteiger partial charge in [-0.2, -0.15) is 0 Å². The second-order valence-corrected chi connectivity index (χ2v) is 8.03. The monoisotopic (exact) mass is 306 g/mol. The Morgan fingerprint density at radius 2 is 1.82 bits per heavy atom. The fourth-order valence-corrected chi connectivity index (χ4v) is 4.59. The molecule has 0 bridgehead atoms. The van der Waals surface area contributed by atoms with Crippen LogP contribution in [0.5, 0.6) is 0 Å². The van der Waals surface area contributed by atoms with Crippen LogP contribution in [0.15, 0.2) is 0 Å². The van der Waals surface area contributed by atoms with Crippen molar-refractivity contribution >= 4 is 5.91 Å². The zero-order valence-corrected chi connectivity index (χ0v) is 13.7. The van der Waals surface area contributed by atoms with Gasteiger partial charge in [0.1, 0.15) is 0 Å². The Morgan fingerprint density at radius 3 is 2.59 bits per heavy atom. The molecule has 0 aromatic carbocycles. The van der Waals surface area contributed by atoms with E-state index in [0.29, 0.717) is 17.7 Å². The van der Waals surface area contributed by atoms with Gasteiger partial charge in [-0.3, -0.25) is 4.79 Å². The lowest BCUT2D eigenvalue weighted by atomic mass is 10.0. The van der Waals surface area contributed by atoms with Crippen LogP contribution in [-0.4, -0.2) is 61.1 Å². The topological polar surface area (TPSA) is 32.8 Å². The van der Waals surface area contributed by atoms with E-state index >= 15 is 0 Å². The van der Waals surface area contributed by atoms with Gasteiger partial charge in [-0.15, -0.1) is 0 Å². The third kappa shape index (κ3) is 3.48. The molecule has 2 saturated heterocycles. The van der Waals surface area contributed by atoms with Crippen LogP contribution in [0.3, 0.4) is 0 Å². The van der Waals surface area contributed by atoms with Gasteiger partial charge in [-0.25, -0.2) is 0 Å². The first kappa shape index (κ1) is 14.9. The molecule has 2 aliphatic heterocycles. The molecule has 0 N–H and O–H groups in total. The summed E-state index contributed by atoms with van der Waals surface area (Å²) < 4.78 is 6.07. The number of likely N-dealkylation sites (tertiary alicyclic amines) is 1. The number of carbonyl (C=O) groups excluding carboxylic acids is 1. The molecule has 124 valence electrons. The van der Waals surface area contributed by atoms with E-state index in [1.807, 2.05) is 0 Å². The van der Waals surface area contributed by atoms with Crippen LogP contribution in [0, 0.1) is 17.8 Å². The smallest absolute Gasteiger partial charge is 0.222 e. The molecule has 22 heavy (non-hydrogen) atoms. The largest absolute Gasteiger partial charge is 0.375 e. The molecule has 4 aliphatic rings. The van der Waals surface area contributed by atoms with E-state index < -0.39 is 0 Å². The van der Waals surface area contributed by atoms with Crippen molar-refractivity contribution in [2.45, 2.75) is 51.0 Å². The lowest BCUT2D eigenvalue weighted by Crippen LogP contribution is -2.35. The molecule has 2 heterocycles. The Balaban J connectivity index is 1.30. The summed E-state index contributed by atoms with van der Waals surface area (Å²) in [5, 5.41) is 0. The Hall–Kier alpha value is -0.610. The number of nitrogens with zero attached hydrogens (tertiary/aromatic N) is 2. The molecule has 1 amide bonds. The molecule has 4 heteroatoms. The summed E-state index contributed by atoms with van der Waals surface area (Å²) >= 11 is 0. The van der Waals surface area contributed by atoms with Gasteiger partial charge in [0.05, 0.1) is 12.7 Å². The van der Waals surface area contributed by atoms with Crippen molar-refractivity contribution in [3.63, 3.8) is 0 Å². The van der Waals surface area contributed by atoms with Gasteiger partial charge in [0.2, 0.25) is 5.91 Å². The van der Waals surface area contributed by atoms with Crippen molar-refractivity contribution in [3.05, 3.63) is 0 Å². The number of ether oxygens (including phenoxy) is 1. The molecule has 0 aromatic rings. The summed E-state index contributed by atoms with van der Waals surface area (Å²) in [5.41, 5.74) is 0. The number of amides is 1. The highest BCUT2D eigenvalue weighted by Gasteiger charge is 2.39.